The van der Waals surface area contributed by atoms with Gasteiger partial charge in [-0.25, -0.2) is 0 Å². The summed E-state index contributed by atoms with van der Waals surface area (Å²) in [6, 6.07) is -0.0824. The van der Waals surface area contributed by atoms with Crippen LogP contribution in [0.3, 0.4) is 0 Å². The monoisotopic (exact) mass is 180 g/mol. The number of hydrogen-bond donors (Lipinski definition) is 2. The molecule has 0 aromatic rings. The Labute approximate surface area is 81.0 Å². The van der Waals surface area contributed by atoms with E-state index in [0.717, 1.165) is 6.42 Å². The Balaban J connectivity index is 4.43. The van der Waals surface area contributed by atoms with E-state index in [0.29, 0.717) is 12.8 Å². The molecule has 1 unspecified atom stereocenters. The molecule has 0 aliphatic heterocycles. The topological polar surface area (TPSA) is 52.0 Å². The van der Waals surface area contributed by atoms with Crippen molar-refractivity contribution in [2.45, 2.75) is 30.8 Å². The fourth-order valence-electron chi connectivity index (χ4n) is 1.34. The van der Waals surface area contributed by atoms with Crippen LogP contribution in [0.2, 0.25) is 0 Å². The lowest BCUT2D eigenvalue weighted by Gasteiger charge is -2.33. The fraction of sp³-hybridized carbons (Fsp3) is 0.455. The average Bonchev–Trinajstić information content (AvgIpc) is 2.05. The molecule has 0 fully saturated rings. The van der Waals surface area contributed by atoms with Gasteiger partial charge in [-0.3, -0.25) is 0 Å². The Morgan fingerprint density at radius 1 is 1.08 bits per heavy atom. The van der Waals surface area contributed by atoms with Gasteiger partial charge in [0.05, 0.1) is 0 Å². The van der Waals surface area contributed by atoms with Crippen molar-refractivity contribution >= 4 is 0 Å². The predicted molar refractivity (Wildman–Crippen MR) is 59.3 cm³/mol. The second-order valence-electron chi connectivity index (χ2n) is 3.35. The highest BCUT2D eigenvalue weighted by atomic mass is 14.8. The molecule has 0 aliphatic rings. The van der Waals surface area contributed by atoms with Crippen molar-refractivity contribution in [3.63, 3.8) is 0 Å². The molecule has 4 N–H and O–H groups in total. The molecule has 0 saturated heterocycles. The summed E-state index contributed by atoms with van der Waals surface area (Å²) in [6.45, 7) is 11.0. The van der Waals surface area contributed by atoms with Crippen molar-refractivity contribution in [1.29, 1.82) is 0 Å². The molecule has 0 saturated carbocycles. The van der Waals surface area contributed by atoms with E-state index in [1.54, 1.807) is 18.2 Å². The van der Waals surface area contributed by atoms with E-state index in [9.17, 15) is 0 Å². The quantitative estimate of drug-likeness (QED) is 0.586. The maximum absolute atomic E-state index is 6.13. The zero-order chi connectivity index (χ0) is 10.3. The lowest BCUT2D eigenvalue weighted by molar-refractivity contribution is 0.350. The smallest absolute Gasteiger partial charge is 0.0380 e. The van der Waals surface area contributed by atoms with Gasteiger partial charge in [-0.05, 0) is 19.3 Å². The zero-order valence-corrected chi connectivity index (χ0v) is 8.21. The molecular formula is C11H20N2. The van der Waals surface area contributed by atoms with E-state index in [1.807, 2.05) is 0 Å². The summed E-state index contributed by atoms with van der Waals surface area (Å²) in [4.78, 5) is 0. The lowest BCUT2D eigenvalue weighted by Crippen LogP contribution is -2.54. The molecule has 0 heterocycles. The van der Waals surface area contributed by atoms with E-state index < -0.39 is 5.54 Å². The lowest BCUT2D eigenvalue weighted by atomic mass is 9.83. The third-order valence-corrected chi connectivity index (χ3v) is 2.21. The second-order valence-corrected chi connectivity index (χ2v) is 3.35. The van der Waals surface area contributed by atoms with Crippen molar-refractivity contribution in [3.8, 4) is 0 Å². The Hall–Kier alpha value is -0.860. The van der Waals surface area contributed by atoms with Crippen molar-refractivity contribution in [2.75, 3.05) is 0 Å². The van der Waals surface area contributed by atoms with Crippen LogP contribution in [0.15, 0.2) is 38.0 Å². The largest absolute Gasteiger partial charge is 0.326 e. The van der Waals surface area contributed by atoms with Crippen molar-refractivity contribution in [2.24, 2.45) is 11.5 Å². The summed E-state index contributed by atoms with van der Waals surface area (Å²) in [7, 11) is 0. The number of nitrogens with two attached hydrogens (primary N) is 2. The molecule has 0 radical (unpaired) electrons. The molecule has 0 amide bonds. The normalized spacial score (nSPS) is 13.4. The van der Waals surface area contributed by atoms with Gasteiger partial charge in [0.15, 0.2) is 0 Å². The first-order valence-electron chi connectivity index (χ1n) is 4.48. The highest BCUT2D eigenvalue weighted by Crippen LogP contribution is 2.19. The van der Waals surface area contributed by atoms with E-state index in [1.165, 1.54) is 0 Å². The summed E-state index contributed by atoms with van der Waals surface area (Å²) in [5.74, 6) is 0. The van der Waals surface area contributed by atoms with Crippen LogP contribution in [-0.2, 0) is 0 Å². The molecule has 0 rings (SSSR count). The minimum absolute atomic E-state index is 0.0824. The summed E-state index contributed by atoms with van der Waals surface area (Å²) in [6.07, 6.45) is 7.51. The van der Waals surface area contributed by atoms with Crippen molar-refractivity contribution in [3.05, 3.63) is 38.0 Å². The highest BCUT2D eigenvalue weighted by molar-refractivity contribution is 5.04. The van der Waals surface area contributed by atoms with Gasteiger partial charge in [0, 0.05) is 11.6 Å². The van der Waals surface area contributed by atoms with Gasteiger partial charge >= 0.3 is 0 Å². The molecule has 0 aromatic carbocycles. The molecule has 0 spiro atoms. The standard InChI is InChI=1S/C11H20N2/c1-4-7-10(12)11(13,8-5-2)9-6-3/h4-6,10H,1-3,7-9,12-13H2. The van der Waals surface area contributed by atoms with Crippen molar-refractivity contribution in [1.82, 2.24) is 0 Å². The molecular weight excluding hydrogens is 160 g/mol. The van der Waals surface area contributed by atoms with E-state index >= 15 is 0 Å². The number of hydrogen-bond acceptors (Lipinski definition) is 2. The SMILES string of the molecule is C=CCC(N)C(N)(CC=C)CC=C. The molecule has 74 valence electrons. The number of rotatable bonds is 7. The van der Waals surface area contributed by atoms with Gasteiger partial charge < -0.3 is 11.5 Å². The summed E-state index contributed by atoms with van der Waals surface area (Å²) in [5, 5.41) is 0. The maximum Gasteiger partial charge on any atom is 0.0380 e. The first-order chi connectivity index (χ1) is 6.10. The van der Waals surface area contributed by atoms with Gasteiger partial charge in [-0.15, -0.1) is 19.7 Å². The van der Waals surface area contributed by atoms with Gasteiger partial charge in [-0.2, -0.15) is 0 Å². The highest BCUT2D eigenvalue weighted by Gasteiger charge is 2.28. The Morgan fingerprint density at radius 3 is 1.85 bits per heavy atom. The van der Waals surface area contributed by atoms with Gasteiger partial charge in [0.1, 0.15) is 0 Å². The van der Waals surface area contributed by atoms with Crippen LogP contribution in [-0.4, -0.2) is 11.6 Å². The van der Waals surface area contributed by atoms with E-state index in [4.69, 9.17) is 11.5 Å². The molecule has 0 aliphatic carbocycles. The molecule has 2 nitrogen and oxygen atoms in total. The minimum atomic E-state index is -0.419. The Bertz CT molecular complexity index is 175. The third-order valence-electron chi connectivity index (χ3n) is 2.21. The summed E-state index contributed by atoms with van der Waals surface area (Å²) in [5.41, 5.74) is 11.7. The average molecular weight is 180 g/mol. The van der Waals surface area contributed by atoms with Crippen LogP contribution in [0.1, 0.15) is 19.3 Å². The first kappa shape index (κ1) is 12.1. The van der Waals surface area contributed by atoms with E-state index in [-0.39, 0.29) is 6.04 Å². The minimum Gasteiger partial charge on any atom is -0.326 e. The Morgan fingerprint density at radius 2 is 1.54 bits per heavy atom. The van der Waals surface area contributed by atoms with Gasteiger partial charge in [0.25, 0.3) is 0 Å². The van der Waals surface area contributed by atoms with Crippen LogP contribution in [0.4, 0.5) is 0 Å². The van der Waals surface area contributed by atoms with Gasteiger partial charge in [-0.1, -0.05) is 18.2 Å². The summed E-state index contributed by atoms with van der Waals surface area (Å²) >= 11 is 0. The summed E-state index contributed by atoms with van der Waals surface area (Å²) < 4.78 is 0. The van der Waals surface area contributed by atoms with Crippen molar-refractivity contribution < 1.29 is 0 Å². The van der Waals surface area contributed by atoms with Crippen LogP contribution < -0.4 is 11.5 Å². The first-order valence-corrected chi connectivity index (χ1v) is 4.48. The third kappa shape index (κ3) is 3.57. The molecule has 13 heavy (non-hydrogen) atoms. The second kappa shape index (κ2) is 5.73. The molecule has 2 heteroatoms. The Kier molecular flexibility index (Phi) is 5.35. The molecule has 0 aromatic heterocycles. The molecule has 1 atom stereocenters. The van der Waals surface area contributed by atoms with Crippen LogP contribution >= 0.6 is 0 Å². The van der Waals surface area contributed by atoms with Crippen LogP contribution in [0.25, 0.3) is 0 Å². The van der Waals surface area contributed by atoms with Gasteiger partial charge in [0.2, 0.25) is 0 Å². The van der Waals surface area contributed by atoms with E-state index in [2.05, 4.69) is 19.7 Å². The molecule has 0 bridgehead atoms. The van der Waals surface area contributed by atoms with Crippen LogP contribution in [0.5, 0.6) is 0 Å². The van der Waals surface area contributed by atoms with Crippen LogP contribution in [0, 0.1) is 0 Å². The fourth-order valence-corrected chi connectivity index (χ4v) is 1.34. The zero-order valence-electron chi connectivity index (χ0n) is 8.21. The maximum atomic E-state index is 6.13. The predicted octanol–water partition coefficient (Wildman–Crippen LogP) is 1.74.